The van der Waals surface area contributed by atoms with Crippen LogP contribution in [-0.4, -0.2) is 23.6 Å². The Morgan fingerprint density at radius 2 is 2.00 bits per heavy atom. The van der Waals surface area contributed by atoms with Gasteiger partial charge in [-0.05, 0) is 42.0 Å². The molecule has 2 amide bonds. The first-order chi connectivity index (χ1) is 12.7. The molecule has 10 heteroatoms. The summed E-state index contributed by atoms with van der Waals surface area (Å²) in [6.45, 7) is -0.558. The van der Waals surface area contributed by atoms with Gasteiger partial charge in [0.25, 0.3) is 11.8 Å². The number of alkyl halides is 3. The molecule has 0 bridgehead atoms. The summed E-state index contributed by atoms with van der Waals surface area (Å²) in [5, 5.41) is 8.82. The second-order valence-electron chi connectivity index (χ2n) is 5.70. The second kappa shape index (κ2) is 7.09. The molecule has 0 spiro atoms. The van der Waals surface area contributed by atoms with Gasteiger partial charge in [0.05, 0.1) is 17.8 Å². The van der Waals surface area contributed by atoms with Crippen molar-refractivity contribution in [3.63, 3.8) is 0 Å². The third-order valence-electron chi connectivity index (χ3n) is 3.97. The fourth-order valence-corrected chi connectivity index (χ4v) is 2.80. The third kappa shape index (κ3) is 3.83. The third-order valence-corrected chi connectivity index (χ3v) is 4.34. The van der Waals surface area contributed by atoms with Gasteiger partial charge in [0, 0.05) is 10.6 Å². The average molecular weight is 401 g/mol. The molecule has 1 aliphatic rings. The first-order valence-electron chi connectivity index (χ1n) is 7.58. The number of halogens is 4. The van der Waals surface area contributed by atoms with Crippen LogP contribution in [0.4, 0.5) is 18.9 Å². The molecule has 0 fully saturated rings. The Hall–Kier alpha value is -2.78. The molecule has 142 valence electrons. The van der Waals surface area contributed by atoms with E-state index in [-0.39, 0.29) is 40.7 Å². The van der Waals surface area contributed by atoms with Crippen LogP contribution in [0.15, 0.2) is 36.4 Å². The highest BCUT2D eigenvalue weighted by Crippen LogP contribution is 2.36. The van der Waals surface area contributed by atoms with Crippen molar-refractivity contribution in [3.8, 4) is 5.75 Å². The van der Waals surface area contributed by atoms with E-state index in [1.54, 1.807) is 0 Å². The molecule has 1 heterocycles. The molecular formula is C17H12ClF3N2O4. The summed E-state index contributed by atoms with van der Waals surface area (Å²) in [4.78, 5) is 25.1. The van der Waals surface area contributed by atoms with Crippen molar-refractivity contribution < 1.29 is 32.7 Å². The lowest BCUT2D eigenvalue weighted by molar-refractivity contribution is -0.137. The zero-order valence-electron chi connectivity index (χ0n) is 13.5. The Balaban J connectivity index is 2.01. The summed E-state index contributed by atoms with van der Waals surface area (Å²) >= 11 is 6.01. The lowest BCUT2D eigenvalue weighted by atomic mass is 10.1. The van der Waals surface area contributed by atoms with Crippen molar-refractivity contribution in [1.29, 1.82) is 0 Å². The Labute approximate surface area is 156 Å². The van der Waals surface area contributed by atoms with Crippen molar-refractivity contribution in [2.45, 2.75) is 12.7 Å². The van der Waals surface area contributed by atoms with Crippen molar-refractivity contribution in [1.82, 2.24) is 5.48 Å². The van der Waals surface area contributed by atoms with Gasteiger partial charge in [0.15, 0.2) is 6.61 Å². The van der Waals surface area contributed by atoms with Crippen molar-refractivity contribution >= 4 is 29.1 Å². The number of amides is 2. The van der Waals surface area contributed by atoms with E-state index < -0.39 is 23.6 Å². The second-order valence-corrected chi connectivity index (χ2v) is 6.10. The standard InChI is InChI=1S/C17H12ClF3N2O4/c18-12-3-2-11(17(19,20)21)5-10(12)7-23-13-6-9(16(25)22-26)1-4-14(13)27-8-15(23)24/h1-6,26H,7-8H2,(H,22,25). The van der Waals surface area contributed by atoms with Gasteiger partial charge in [-0.2, -0.15) is 13.2 Å². The Morgan fingerprint density at radius 3 is 2.67 bits per heavy atom. The number of hydroxylamine groups is 1. The molecule has 2 aromatic rings. The van der Waals surface area contributed by atoms with Gasteiger partial charge >= 0.3 is 6.18 Å². The number of nitrogens with zero attached hydrogens (tertiary/aromatic N) is 1. The smallest absolute Gasteiger partial charge is 0.416 e. The van der Waals surface area contributed by atoms with Crippen LogP contribution >= 0.6 is 11.6 Å². The zero-order valence-corrected chi connectivity index (χ0v) is 14.3. The van der Waals surface area contributed by atoms with Gasteiger partial charge in [0.2, 0.25) is 0 Å². The summed E-state index contributed by atoms with van der Waals surface area (Å²) in [7, 11) is 0. The maximum atomic E-state index is 13.0. The molecule has 0 saturated heterocycles. The Kier molecular flexibility index (Phi) is 4.99. The van der Waals surface area contributed by atoms with Gasteiger partial charge in [-0.3, -0.25) is 14.8 Å². The highest BCUT2D eigenvalue weighted by Gasteiger charge is 2.32. The van der Waals surface area contributed by atoms with Crippen LogP contribution in [0, 0.1) is 0 Å². The lowest BCUT2D eigenvalue weighted by Gasteiger charge is -2.30. The SMILES string of the molecule is O=C(NO)c1ccc2c(c1)N(Cc1cc(C(F)(F)F)ccc1Cl)C(=O)CO2. The number of rotatable bonds is 3. The largest absolute Gasteiger partial charge is 0.482 e. The fraction of sp³-hybridized carbons (Fsp3) is 0.176. The number of hydrogen-bond donors (Lipinski definition) is 2. The van der Waals surface area contributed by atoms with Crippen LogP contribution in [0.2, 0.25) is 5.02 Å². The topological polar surface area (TPSA) is 78.9 Å². The number of fused-ring (bicyclic) bond motifs is 1. The van der Waals surface area contributed by atoms with E-state index in [0.717, 1.165) is 18.2 Å². The van der Waals surface area contributed by atoms with Crippen LogP contribution in [0.5, 0.6) is 5.75 Å². The van der Waals surface area contributed by atoms with Crippen LogP contribution < -0.4 is 15.1 Å². The van der Waals surface area contributed by atoms with Crippen molar-refractivity contribution in [2.24, 2.45) is 0 Å². The molecule has 0 saturated carbocycles. The van der Waals surface area contributed by atoms with E-state index in [2.05, 4.69) is 0 Å². The molecule has 6 nitrogen and oxygen atoms in total. The van der Waals surface area contributed by atoms with Gasteiger partial charge in [-0.15, -0.1) is 0 Å². The zero-order chi connectivity index (χ0) is 19.8. The molecule has 27 heavy (non-hydrogen) atoms. The normalized spacial score (nSPS) is 13.8. The van der Waals surface area contributed by atoms with E-state index in [4.69, 9.17) is 21.5 Å². The van der Waals surface area contributed by atoms with E-state index >= 15 is 0 Å². The maximum absolute atomic E-state index is 13.0. The molecule has 2 N–H and O–H groups in total. The molecule has 1 aliphatic heterocycles. The number of nitrogens with one attached hydrogen (secondary N) is 1. The number of carbonyl (C=O) groups excluding carboxylic acids is 2. The average Bonchev–Trinajstić information content (AvgIpc) is 2.63. The molecule has 0 unspecified atom stereocenters. The number of benzene rings is 2. The maximum Gasteiger partial charge on any atom is 0.416 e. The molecular weight excluding hydrogens is 389 g/mol. The molecule has 0 atom stereocenters. The fourth-order valence-electron chi connectivity index (χ4n) is 2.62. The highest BCUT2D eigenvalue weighted by molar-refractivity contribution is 6.31. The minimum atomic E-state index is -4.56. The van der Waals surface area contributed by atoms with Gasteiger partial charge in [0.1, 0.15) is 5.75 Å². The van der Waals surface area contributed by atoms with E-state index in [1.807, 2.05) is 0 Å². The van der Waals surface area contributed by atoms with Crippen LogP contribution in [-0.2, 0) is 17.5 Å². The van der Waals surface area contributed by atoms with Crippen LogP contribution in [0.25, 0.3) is 0 Å². The van der Waals surface area contributed by atoms with E-state index in [9.17, 15) is 22.8 Å². The monoisotopic (exact) mass is 400 g/mol. The van der Waals surface area contributed by atoms with Crippen LogP contribution in [0.1, 0.15) is 21.5 Å². The summed E-state index contributed by atoms with van der Waals surface area (Å²) in [5.74, 6) is -1.06. The van der Waals surface area contributed by atoms with Gasteiger partial charge in [-0.1, -0.05) is 11.6 Å². The predicted octanol–water partition coefficient (Wildman–Crippen LogP) is 3.40. The van der Waals surface area contributed by atoms with Crippen molar-refractivity contribution in [3.05, 3.63) is 58.1 Å². The minimum absolute atomic E-state index is 0.0367. The first kappa shape index (κ1) is 19.0. The molecule has 0 radical (unpaired) electrons. The van der Waals surface area contributed by atoms with Gasteiger partial charge < -0.3 is 9.64 Å². The summed E-state index contributed by atoms with van der Waals surface area (Å²) < 4.78 is 44.2. The minimum Gasteiger partial charge on any atom is -0.482 e. The Bertz CT molecular complexity index is 918. The van der Waals surface area contributed by atoms with E-state index in [1.165, 1.54) is 28.6 Å². The van der Waals surface area contributed by atoms with Gasteiger partial charge in [-0.25, -0.2) is 5.48 Å². The number of ether oxygens (including phenoxy) is 1. The summed E-state index contributed by atoms with van der Waals surface area (Å²) in [6, 6.07) is 6.92. The molecule has 3 rings (SSSR count). The number of hydrogen-bond acceptors (Lipinski definition) is 4. The highest BCUT2D eigenvalue weighted by atomic mass is 35.5. The molecule has 0 aliphatic carbocycles. The number of anilines is 1. The first-order valence-corrected chi connectivity index (χ1v) is 7.96. The van der Waals surface area contributed by atoms with E-state index in [0.29, 0.717) is 0 Å². The predicted molar refractivity (Wildman–Crippen MR) is 88.8 cm³/mol. The molecule has 2 aromatic carbocycles. The quantitative estimate of drug-likeness (QED) is 0.611. The van der Waals surface area contributed by atoms with Crippen LogP contribution in [0.3, 0.4) is 0 Å². The summed E-state index contributed by atoms with van der Waals surface area (Å²) in [5.41, 5.74) is 0.881. The van der Waals surface area contributed by atoms with Crippen molar-refractivity contribution in [2.75, 3.05) is 11.5 Å². The molecule has 0 aromatic heterocycles. The lowest BCUT2D eigenvalue weighted by Crippen LogP contribution is -2.38. The number of carbonyl (C=O) groups is 2. The Morgan fingerprint density at radius 1 is 1.26 bits per heavy atom. The summed E-state index contributed by atoms with van der Waals surface area (Å²) in [6.07, 6.45) is -4.56.